The Morgan fingerprint density at radius 2 is 2.26 bits per heavy atom. The van der Waals surface area contributed by atoms with E-state index >= 15 is 0 Å². The summed E-state index contributed by atoms with van der Waals surface area (Å²) in [4.78, 5) is 21.0. The molecule has 1 aromatic heterocycles. The number of benzene rings is 1. The summed E-state index contributed by atoms with van der Waals surface area (Å²) in [5.41, 5.74) is 2.39. The summed E-state index contributed by atoms with van der Waals surface area (Å²) in [6, 6.07) is 5.47. The van der Waals surface area contributed by atoms with E-state index < -0.39 is 0 Å². The van der Waals surface area contributed by atoms with Crippen molar-refractivity contribution in [1.29, 1.82) is 0 Å². The third kappa shape index (κ3) is 3.32. The van der Waals surface area contributed by atoms with E-state index in [1.807, 2.05) is 26.0 Å². The van der Waals surface area contributed by atoms with E-state index in [4.69, 9.17) is 4.74 Å². The molecule has 0 unspecified atom stereocenters. The minimum atomic E-state index is -0.0103. The molecule has 1 heterocycles. The number of amides is 1. The molecule has 2 aromatic rings. The Labute approximate surface area is 112 Å². The van der Waals surface area contributed by atoms with Gasteiger partial charge in [-0.1, -0.05) is 0 Å². The third-order valence-corrected chi connectivity index (χ3v) is 2.89. The van der Waals surface area contributed by atoms with Crippen molar-refractivity contribution in [3.05, 3.63) is 30.1 Å². The predicted molar refractivity (Wildman–Crippen MR) is 74.1 cm³/mol. The molecule has 0 atom stereocenters. The van der Waals surface area contributed by atoms with Crippen LogP contribution in [-0.4, -0.2) is 47.1 Å². The highest BCUT2D eigenvalue weighted by Crippen LogP contribution is 2.13. The second kappa shape index (κ2) is 5.84. The highest BCUT2D eigenvalue weighted by molar-refractivity contribution is 5.97. The maximum atomic E-state index is 12.2. The van der Waals surface area contributed by atoms with Crippen molar-refractivity contribution in [3.63, 3.8) is 0 Å². The average molecular weight is 261 g/mol. The van der Waals surface area contributed by atoms with E-state index in [1.54, 1.807) is 24.3 Å². The fourth-order valence-electron chi connectivity index (χ4n) is 1.82. The van der Waals surface area contributed by atoms with Crippen LogP contribution in [0.4, 0.5) is 0 Å². The molecule has 2 rings (SSSR count). The molecule has 0 radical (unpaired) electrons. The van der Waals surface area contributed by atoms with Crippen molar-refractivity contribution in [2.24, 2.45) is 0 Å². The number of rotatable bonds is 5. The van der Waals surface area contributed by atoms with Gasteiger partial charge < -0.3 is 14.6 Å². The van der Waals surface area contributed by atoms with Crippen LogP contribution in [0.2, 0.25) is 0 Å². The van der Waals surface area contributed by atoms with E-state index in [0.717, 1.165) is 11.0 Å². The number of ether oxygens (including phenoxy) is 1. The van der Waals surface area contributed by atoms with Gasteiger partial charge in [-0.25, -0.2) is 4.98 Å². The Morgan fingerprint density at radius 3 is 3.00 bits per heavy atom. The van der Waals surface area contributed by atoms with Crippen LogP contribution >= 0.6 is 0 Å². The summed E-state index contributed by atoms with van der Waals surface area (Å²) in [6.07, 6.45) is 1.81. The second-order valence-corrected chi connectivity index (χ2v) is 4.78. The number of aromatic nitrogens is 2. The Morgan fingerprint density at radius 1 is 1.47 bits per heavy atom. The molecular formula is C14H19N3O2. The van der Waals surface area contributed by atoms with Gasteiger partial charge in [-0.05, 0) is 32.0 Å². The van der Waals surface area contributed by atoms with Crippen LogP contribution in [0, 0.1) is 0 Å². The lowest BCUT2D eigenvalue weighted by molar-refractivity contribution is 0.0532. The summed E-state index contributed by atoms with van der Waals surface area (Å²) in [5.74, 6) is -0.0103. The lowest BCUT2D eigenvalue weighted by atomic mass is 10.2. The molecule has 0 aliphatic rings. The van der Waals surface area contributed by atoms with Gasteiger partial charge >= 0.3 is 0 Å². The highest BCUT2D eigenvalue weighted by Gasteiger charge is 2.12. The Bertz CT molecular complexity index is 563. The smallest absolute Gasteiger partial charge is 0.253 e. The standard InChI is InChI=1S/C14H19N3O2/c1-10(2)19-7-6-17(3)14(18)11-4-5-12-13(8-11)16-9-15-12/h4-5,8-10H,6-7H2,1-3H3,(H,15,16). The Hall–Kier alpha value is -1.88. The minimum Gasteiger partial charge on any atom is -0.377 e. The minimum absolute atomic E-state index is 0.0103. The number of hydrogen-bond acceptors (Lipinski definition) is 3. The molecule has 102 valence electrons. The number of hydrogen-bond donors (Lipinski definition) is 1. The molecule has 1 amide bonds. The normalized spacial score (nSPS) is 11.2. The lowest BCUT2D eigenvalue weighted by Crippen LogP contribution is -2.30. The predicted octanol–water partition coefficient (Wildman–Crippen LogP) is 2.06. The van der Waals surface area contributed by atoms with E-state index in [0.29, 0.717) is 18.7 Å². The van der Waals surface area contributed by atoms with Gasteiger partial charge in [-0.3, -0.25) is 4.79 Å². The van der Waals surface area contributed by atoms with E-state index in [1.165, 1.54) is 0 Å². The molecular weight excluding hydrogens is 242 g/mol. The molecule has 19 heavy (non-hydrogen) atoms. The van der Waals surface area contributed by atoms with Crippen LogP contribution in [0.25, 0.3) is 11.0 Å². The molecule has 0 spiro atoms. The molecule has 1 N–H and O–H groups in total. The molecule has 5 nitrogen and oxygen atoms in total. The summed E-state index contributed by atoms with van der Waals surface area (Å²) < 4.78 is 5.45. The molecule has 5 heteroatoms. The topological polar surface area (TPSA) is 58.2 Å². The van der Waals surface area contributed by atoms with Gasteiger partial charge in [0, 0.05) is 19.2 Å². The fourth-order valence-corrected chi connectivity index (χ4v) is 1.82. The van der Waals surface area contributed by atoms with Gasteiger partial charge in [0.15, 0.2) is 0 Å². The average Bonchev–Trinajstić information content (AvgIpc) is 2.84. The van der Waals surface area contributed by atoms with Gasteiger partial charge in [0.05, 0.1) is 30.1 Å². The van der Waals surface area contributed by atoms with Crippen LogP contribution in [0.5, 0.6) is 0 Å². The molecule has 0 bridgehead atoms. The number of nitrogens with zero attached hydrogens (tertiary/aromatic N) is 2. The first kappa shape index (κ1) is 13.5. The Kier molecular flexibility index (Phi) is 4.16. The first-order chi connectivity index (χ1) is 9.08. The summed E-state index contributed by atoms with van der Waals surface area (Å²) in [5, 5.41) is 0. The molecule has 0 saturated heterocycles. The molecule has 0 saturated carbocycles. The Balaban J connectivity index is 2.01. The van der Waals surface area contributed by atoms with Crippen molar-refractivity contribution in [1.82, 2.24) is 14.9 Å². The number of nitrogens with one attached hydrogen (secondary N) is 1. The van der Waals surface area contributed by atoms with Gasteiger partial charge in [-0.15, -0.1) is 0 Å². The van der Waals surface area contributed by atoms with Gasteiger partial charge in [-0.2, -0.15) is 0 Å². The molecule has 0 fully saturated rings. The maximum absolute atomic E-state index is 12.2. The summed E-state index contributed by atoms with van der Waals surface area (Å²) in [6.45, 7) is 5.09. The molecule has 1 aromatic carbocycles. The quantitative estimate of drug-likeness (QED) is 0.896. The van der Waals surface area contributed by atoms with Gasteiger partial charge in [0.2, 0.25) is 0 Å². The van der Waals surface area contributed by atoms with Crippen LogP contribution in [0.1, 0.15) is 24.2 Å². The van der Waals surface area contributed by atoms with Gasteiger partial charge in [0.25, 0.3) is 5.91 Å². The summed E-state index contributed by atoms with van der Waals surface area (Å²) >= 11 is 0. The van der Waals surface area contributed by atoms with Crippen molar-refractivity contribution in [2.75, 3.05) is 20.2 Å². The van der Waals surface area contributed by atoms with Crippen molar-refractivity contribution >= 4 is 16.9 Å². The zero-order valence-corrected chi connectivity index (χ0v) is 11.5. The number of H-pyrrole nitrogens is 1. The number of carbonyl (C=O) groups is 1. The van der Waals surface area contributed by atoms with Crippen molar-refractivity contribution in [2.45, 2.75) is 20.0 Å². The van der Waals surface area contributed by atoms with Crippen molar-refractivity contribution < 1.29 is 9.53 Å². The first-order valence-corrected chi connectivity index (χ1v) is 6.38. The van der Waals surface area contributed by atoms with E-state index in [9.17, 15) is 4.79 Å². The first-order valence-electron chi connectivity index (χ1n) is 6.38. The van der Waals surface area contributed by atoms with E-state index in [-0.39, 0.29) is 12.0 Å². The van der Waals surface area contributed by atoms with E-state index in [2.05, 4.69) is 9.97 Å². The molecule has 0 aliphatic heterocycles. The summed E-state index contributed by atoms with van der Waals surface area (Å²) in [7, 11) is 1.78. The van der Waals surface area contributed by atoms with Crippen LogP contribution in [0.15, 0.2) is 24.5 Å². The van der Waals surface area contributed by atoms with Crippen LogP contribution in [-0.2, 0) is 4.74 Å². The maximum Gasteiger partial charge on any atom is 0.253 e. The number of aromatic amines is 1. The van der Waals surface area contributed by atoms with Gasteiger partial charge in [0.1, 0.15) is 0 Å². The number of likely N-dealkylation sites (N-methyl/N-ethyl adjacent to an activating group) is 1. The number of fused-ring (bicyclic) bond motifs is 1. The monoisotopic (exact) mass is 261 g/mol. The lowest BCUT2D eigenvalue weighted by Gasteiger charge is -2.18. The largest absolute Gasteiger partial charge is 0.377 e. The van der Waals surface area contributed by atoms with Crippen LogP contribution in [0.3, 0.4) is 0 Å². The molecule has 0 aliphatic carbocycles. The van der Waals surface area contributed by atoms with Crippen LogP contribution < -0.4 is 0 Å². The van der Waals surface area contributed by atoms with Crippen molar-refractivity contribution in [3.8, 4) is 0 Å². The zero-order valence-electron chi connectivity index (χ0n) is 11.5. The highest BCUT2D eigenvalue weighted by atomic mass is 16.5. The SMILES string of the molecule is CC(C)OCCN(C)C(=O)c1ccc2nc[nH]c2c1. The second-order valence-electron chi connectivity index (χ2n) is 4.78. The third-order valence-electron chi connectivity index (χ3n) is 2.89. The number of carbonyl (C=O) groups excluding carboxylic acids is 1. The fraction of sp³-hybridized carbons (Fsp3) is 0.429. The zero-order chi connectivity index (χ0) is 13.8. The number of imidazole rings is 1.